The van der Waals surface area contributed by atoms with Crippen LogP contribution in [0.15, 0.2) is 12.2 Å². The molecule has 1 aliphatic rings. The van der Waals surface area contributed by atoms with Gasteiger partial charge in [0, 0.05) is 5.57 Å². The maximum absolute atomic E-state index is 14.4. The van der Waals surface area contributed by atoms with E-state index in [0.717, 1.165) is 6.92 Å². The molecule has 3 atom stereocenters. The van der Waals surface area contributed by atoms with E-state index in [2.05, 4.69) is 16.1 Å². The molecule has 0 aromatic carbocycles. The van der Waals surface area contributed by atoms with Crippen LogP contribution in [0, 0.1) is 0 Å². The van der Waals surface area contributed by atoms with Crippen LogP contribution in [0.3, 0.4) is 0 Å². The summed E-state index contributed by atoms with van der Waals surface area (Å²) in [5.41, 5.74) is -11.7. The second kappa shape index (κ2) is 6.19. The summed E-state index contributed by atoms with van der Waals surface area (Å²) in [5, 5.41) is 18.5. The first-order valence-corrected chi connectivity index (χ1v) is 6.90. The van der Waals surface area contributed by atoms with Crippen LogP contribution in [-0.2, 0) is 14.3 Å². The summed E-state index contributed by atoms with van der Waals surface area (Å²) in [4.78, 5) is 11.2. The predicted octanol–water partition coefficient (Wildman–Crippen LogP) is 2.71. The molecule has 0 radical (unpaired) electrons. The number of ether oxygens (including phenoxy) is 2. The predicted molar refractivity (Wildman–Crippen MR) is 67.2 cm³/mol. The van der Waals surface area contributed by atoms with Gasteiger partial charge in [-0.2, -0.15) is 43.9 Å². The highest BCUT2D eigenvalue weighted by atomic mass is 19.4. The number of hydrogen-bond donors (Lipinski definition) is 2. The molecule has 1 rings (SSSR count). The number of alkyl halides is 10. The molecule has 0 spiro atoms. The highest BCUT2D eigenvalue weighted by Crippen LogP contribution is 2.65. The Morgan fingerprint density at radius 3 is 1.75 bits per heavy atom. The van der Waals surface area contributed by atoms with Crippen molar-refractivity contribution in [1.82, 2.24) is 0 Å². The normalized spacial score (nSPS) is 35.4. The van der Waals surface area contributed by atoms with Crippen LogP contribution in [0.4, 0.5) is 43.9 Å². The molecule has 1 fully saturated rings. The zero-order chi connectivity index (χ0) is 22.8. The highest BCUT2D eigenvalue weighted by molar-refractivity contribution is 5.86. The minimum atomic E-state index is -7.11. The van der Waals surface area contributed by atoms with E-state index >= 15 is 0 Å². The maximum Gasteiger partial charge on any atom is 0.449 e. The van der Waals surface area contributed by atoms with Crippen molar-refractivity contribution in [2.24, 2.45) is 0 Å². The van der Waals surface area contributed by atoms with Crippen molar-refractivity contribution < 1.29 is 68.4 Å². The van der Waals surface area contributed by atoms with Gasteiger partial charge < -0.3 is 19.7 Å². The van der Waals surface area contributed by atoms with Gasteiger partial charge in [-0.05, 0) is 13.8 Å². The Bertz CT molecular complexity index is 672. The zero-order valence-corrected chi connectivity index (χ0v) is 13.8. The lowest BCUT2D eigenvalue weighted by atomic mass is 9.72. The van der Waals surface area contributed by atoms with Gasteiger partial charge >= 0.3 is 36.0 Å². The molecule has 1 saturated heterocycles. The molecular weight excluding hydrogens is 426 g/mol. The summed E-state index contributed by atoms with van der Waals surface area (Å²) in [7, 11) is 0. The lowest BCUT2D eigenvalue weighted by Gasteiger charge is -2.58. The van der Waals surface area contributed by atoms with Crippen LogP contribution in [0.1, 0.15) is 13.8 Å². The minimum absolute atomic E-state index is 0.290. The zero-order valence-electron chi connectivity index (χ0n) is 13.8. The van der Waals surface area contributed by atoms with E-state index in [4.69, 9.17) is 0 Å². The fraction of sp³-hybridized carbons (Fsp3) is 0.769. The van der Waals surface area contributed by atoms with Crippen molar-refractivity contribution in [3.05, 3.63) is 12.2 Å². The van der Waals surface area contributed by atoms with E-state index in [-0.39, 0.29) is 6.92 Å². The molecule has 0 aromatic rings. The van der Waals surface area contributed by atoms with E-state index in [9.17, 15) is 58.9 Å². The average molecular weight is 438 g/mol. The Labute approximate surface area is 149 Å². The molecular formula is C13H12F10O5. The smallest absolute Gasteiger partial charge is 0.449 e. The van der Waals surface area contributed by atoms with E-state index in [0.29, 0.717) is 0 Å². The first-order chi connectivity index (χ1) is 12.0. The molecule has 0 aromatic heterocycles. The number of rotatable bonds is 3. The summed E-state index contributed by atoms with van der Waals surface area (Å²) >= 11 is 0. The summed E-state index contributed by atoms with van der Waals surface area (Å²) in [6, 6.07) is 0. The van der Waals surface area contributed by atoms with Gasteiger partial charge in [0.15, 0.2) is 5.60 Å². The molecule has 164 valence electrons. The van der Waals surface area contributed by atoms with Crippen LogP contribution < -0.4 is 0 Å². The molecule has 28 heavy (non-hydrogen) atoms. The van der Waals surface area contributed by atoms with Gasteiger partial charge in [0.05, 0.1) is 0 Å². The van der Waals surface area contributed by atoms with Gasteiger partial charge in [0.1, 0.15) is 6.61 Å². The van der Waals surface area contributed by atoms with Gasteiger partial charge in [-0.3, -0.25) is 0 Å². The minimum Gasteiger partial charge on any atom is -0.459 e. The standard InChI is InChI=1S/C13H12F10O5/c1-5(2)6(24)27-4-7(3)9(14,15)8(25,12(18,19)20)10(16,17)11(26,28-7)13(21,22)23/h25-26H,1,4H2,2-3H3. The first-order valence-electron chi connectivity index (χ1n) is 6.90. The van der Waals surface area contributed by atoms with Gasteiger partial charge in [0.2, 0.25) is 0 Å². The molecule has 0 aliphatic carbocycles. The van der Waals surface area contributed by atoms with Crippen LogP contribution in [0.25, 0.3) is 0 Å². The number of hydrogen-bond acceptors (Lipinski definition) is 5. The first kappa shape index (κ1) is 24.4. The van der Waals surface area contributed by atoms with Gasteiger partial charge in [-0.15, -0.1) is 0 Å². The van der Waals surface area contributed by atoms with Crippen LogP contribution in [0.5, 0.6) is 0 Å². The van der Waals surface area contributed by atoms with E-state index in [1.165, 1.54) is 0 Å². The molecule has 3 unspecified atom stereocenters. The van der Waals surface area contributed by atoms with Crippen molar-refractivity contribution in [2.75, 3.05) is 6.61 Å². The van der Waals surface area contributed by atoms with E-state index in [1.54, 1.807) is 0 Å². The van der Waals surface area contributed by atoms with Crippen molar-refractivity contribution in [1.29, 1.82) is 0 Å². The maximum atomic E-state index is 14.4. The number of carbonyl (C=O) groups is 1. The molecule has 5 nitrogen and oxygen atoms in total. The number of aliphatic hydroxyl groups is 2. The average Bonchev–Trinajstić information content (AvgIpc) is 2.47. The SMILES string of the molecule is C=C(C)C(=O)OCC1(C)OC(O)(C(F)(F)F)C(F)(F)C(O)(C(F)(F)F)C1(F)F. The van der Waals surface area contributed by atoms with Crippen molar-refractivity contribution >= 4 is 5.97 Å². The van der Waals surface area contributed by atoms with Crippen molar-refractivity contribution in [2.45, 2.75) is 55.0 Å². The highest BCUT2D eigenvalue weighted by Gasteiger charge is 2.97. The number of esters is 1. The van der Waals surface area contributed by atoms with Crippen LogP contribution >= 0.6 is 0 Å². The quantitative estimate of drug-likeness (QED) is 0.403. The monoisotopic (exact) mass is 438 g/mol. The third-order valence-electron chi connectivity index (χ3n) is 3.99. The Hall–Kier alpha value is -1.61. The van der Waals surface area contributed by atoms with Crippen LogP contribution in [0.2, 0.25) is 0 Å². The fourth-order valence-electron chi connectivity index (χ4n) is 2.32. The Balaban J connectivity index is 3.78. The summed E-state index contributed by atoms with van der Waals surface area (Å²) in [5.74, 6) is -21.1. The molecule has 0 bridgehead atoms. The third kappa shape index (κ3) is 2.85. The van der Waals surface area contributed by atoms with Crippen LogP contribution in [-0.4, -0.2) is 64.0 Å². The second-order valence-electron chi connectivity index (χ2n) is 6.19. The molecule has 1 heterocycles. The lowest BCUT2D eigenvalue weighted by molar-refractivity contribution is -0.559. The third-order valence-corrected chi connectivity index (χ3v) is 3.99. The molecule has 2 N–H and O–H groups in total. The molecule has 1 aliphatic heterocycles. The Kier molecular flexibility index (Phi) is 5.40. The number of carbonyl (C=O) groups excluding carboxylic acids is 1. The number of halogens is 10. The molecule has 0 saturated carbocycles. The Morgan fingerprint density at radius 2 is 1.43 bits per heavy atom. The van der Waals surface area contributed by atoms with Crippen molar-refractivity contribution in [3.63, 3.8) is 0 Å². The van der Waals surface area contributed by atoms with Crippen molar-refractivity contribution in [3.8, 4) is 0 Å². The summed E-state index contributed by atoms with van der Waals surface area (Å²) in [6.45, 7) is 1.38. The van der Waals surface area contributed by atoms with E-state index < -0.39 is 59.3 Å². The van der Waals surface area contributed by atoms with E-state index in [1.807, 2.05) is 0 Å². The molecule has 15 heteroatoms. The van der Waals surface area contributed by atoms with Gasteiger partial charge in [-0.1, -0.05) is 6.58 Å². The largest absolute Gasteiger partial charge is 0.459 e. The Morgan fingerprint density at radius 1 is 1.00 bits per heavy atom. The summed E-state index contributed by atoms with van der Waals surface area (Å²) in [6.07, 6.45) is -13.9. The fourth-order valence-corrected chi connectivity index (χ4v) is 2.32. The van der Waals surface area contributed by atoms with Gasteiger partial charge in [-0.25, -0.2) is 4.79 Å². The van der Waals surface area contributed by atoms with Gasteiger partial charge in [0.25, 0.3) is 5.60 Å². The lowest BCUT2D eigenvalue weighted by Crippen LogP contribution is -2.88. The second-order valence-corrected chi connectivity index (χ2v) is 6.19. The molecule has 0 amide bonds. The topological polar surface area (TPSA) is 76.0 Å². The summed E-state index contributed by atoms with van der Waals surface area (Å²) < 4.78 is 142.